The lowest BCUT2D eigenvalue weighted by Crippen LogP contribution is -2.34. The van der Waals surface area contributed by atoms with Gasteiger partial charge in [0.2, 0.25) is 0 Å². The van der Waals surface area contributed by atoms with Crippen molar-refractivity contribution < 1.29 is 0 Å². The van der Waals surface area contributed by atoms with Crippen LogP contribution < -0.4 is 16.2 Å². The van der Waals surface area contributed by atoms with Gasteiger partial charge in [-0.3, -0.25) is 0 Å². The van der Waals surface area contributed by atoms with E-state index in [1.54, 1.807) is 6.33 Å². The molecule has 1 aliphatic carbocycles. The van der Waals surface area contributed by atoms with Crippen molar-refractivity contribution >= 4 is 11.6 Å². The molecule has 1 fully saturated rings. The van der Waals surface area contributed by atoms with Gasteiger partial charge in [0.1, 0.15) is 18.0 Å². The van der Waals surface area contributed by atoms with Gasteiger partial charge in [-0.05, 0) is 39.0 Å². The number of nitrogen functional groups attached to an aromatic ring is 1. The third kappa shape index (κ3) is 3.35. The maximum Gasteiger partial charge on any atom is 0.148 e. The Morgan fingerprint density at radius 1 is 1.42 bits per heavy atom. The van der Waals surface area contributed by atoms with Gasteiger partial charge in [-0.1, -0.05) is 13.3 Å². The van der Waals surface area contributed by atoms with Crippen LogP contribution in [-0.4, -0.2) is 22.6 Å². The molecule has 0 atom stereocenters. The first-order chi connectivity index (χ1) is 9.17. The second kappa shape index (κ2) is 6.19. The van der Waals surface area contributed by atoms with Gasteiger partial charge in [0.15, 0.2) is 0 Å². The first-order valence-electron chi connectivity index (χ1n) is 7.24. The second-order valence-electron chi connectivity index (χ2n) is 5.61. The standard InChI is InChI=1S/C14H25N5/c1-4-5-12-13(18-15)16-9-17-14(12)19(10(2)3)8-11-6-7-11/h9-11H,4-8,15H2,1-3H3,(H,16,17,18). The van der Waals surface area contributed by atoms with Gasteiger partial charge in [0.05, 0.1) is 0 Å². The minimum absolute atomic E-state index is 0.441. The Morgan fingerprint density at radius 2 is 2.16 bits per heavy atom. The van der Waals surface area contributed by atoms with E-state index < -0.39 is 0 Å². The normalized spacial score (nSPS) is 14.8. The number of hydrogen-bond donors (Lipinski definition) is 2. The molecule has 0 radical (unpaired) electrons. The van der Waals surface area contributed by atoms with E-state index in [1.807, 2.05) is 0 Å². The number of anilines is 2. The molecule has 0 aromatic carbocycles. The lowest BCUT2D eigenvalue weighted by molar-refractivity contribution is 0.631. The third-order valence-electron chi connectivity index (χ3n) is 3.61. The zero-order valence-electron chi connectivity index (χ0n) is 12.2. The number of nitrogens with one attached hydrogen (secondary N) is 1. The second-order valence-corrected chi connectivity index (χ2v) is 5.61. The monoisotopic (exact) mass is 263 g/mol. The first kappa shape index (κ1) is 14.1. The molecule has 0 spiro atoms. The molecule has 5 heteroatoms. The molecule has 1 aliphatic rings. The first-order valence-corrected chi connectivity index (χ1v) is 7.24. The summed E-state index contributed by atoms with van der Waals surface area (Å²) >= 11 is 0. The molecule has 0 unspecified atom stereocenters. The average Bonchev–Trinajstić information content (AvgIpc) is 3.20. The fourth-order valence-corrected chi connectivity index (χ4v) is 2.38. The average molecular weight is 263 g/mol. The Hall–Kier alpha value is -1.36. The molecule has 1 heterocycles. The van der Waals surface area contributed by atoms with Crippen LogP contribution >= 0.6 is 0 Å². The molecular weight excluding hydrogens is 238 g/mol. The predicted octanol–water partition coefficient (Wildman–Crippen LogP) is 2.34. The lowest BCUT2D eigenvalue weighted by atomic mass is 10.1. The molecule has 0 amide bonds. The van der Waals surface area contributed by atoms with Gasteiger partial charge < -0.3 is 10.3 Å². The van der Waals surface area contributed by atoms with E-state index in [2.05, 4.69) is 41.1 Å². The molecular formula is C14H25N5. The number of nitrogens with two attached hydrogens (primary N) is 1. The fraction of sp³-hybridized carbons (Fsp3) is 0.714. The summed E-state index contributed by atoms with van der Waals surface area (Å²) in [6.45, 7) is 7.69. The highest BCUT2D eigenvalue weighted by molar-refractivity contribution is 5.58. The Morgan fingerprint density at radius 3 is 2.68 bits per heavy atom. The topological polar surface area (TPSA) is 67.1 Å². The van der Waals surface area contributed by atoms with Crippen LogP contribution in [0.3, 0.4) is 0 Å². The Balaban J connectivity index is 2.33. The van der Waals surface area contributed by atoms with Gasteiger partial charge >= 0.3 is 0 Å². The molecule has 0 saturated heterocycles. The van der Waals surface area contributed by atoms with E-state index in [0.717, 1.165) is 42.5 Å². The minimum Gasteiger partial charge on any atom is -0.354 e. The number of rotatable bonds is 7. The van der Waals surface area contributed by atoms with Crippen LogP contribution in [0.2, 0.25) is 0 Å². The summed E-state index contributed by atoms with van der Waals surface area (Å²) < 4.78 is 0. The maximum atomic E-state index is 5.58. The highest BCUT2D eigenvalue weighted by Crippen LogP contribution is 2.34. The van der Waals surface area contributed by atoms with Gasteiger partial charge in [-0.15, -0.1) is 0 Å². The summed E-state index contributed by atoms with van der Waals surface area (Å²) in [4.78, 5) is 11.2. The largest absolute Gasteiger partial charge is 0.354 e. The van der Waals surface area contributed by atoms with Crippen molar-refractivity contribution in [3.8, 4) is 0 Å². The number of hydrogen-bond acceptors (Lipinski definition) is 5. The molecule has 0 bridgehead atoms. The van der Waals surface area contributed by atoms with Gasteiger partial charge in [0, 0.05) is 18.2 Å². The molecule has 3 N–H and O–H groups in total. The van der Waals surface area contributed by atoms with Crippen molar-refractivity contribution in [2.45, 2.75) is 52.5 Å². The molecule has 1 aromatic heterocycles. The van der Waals surface area contributed by atoms with Gasteiger partial charge in [-0.2, -0.15) is 0 Å². The number of hydrazine groups is 1. The zero-order valence-corrected chi connectivity index (χ0v) is 12.2. The SMILES string of the molecule is CCCc1c(NN)ncnc1N(CC1CC1)C(C)C. The van der Waals surface area contributed by atoms with Crippen molar-refractivity contribution in [1.82, 2.24) is 9.97 Å². The van der Waals surface area contributed by atoms with Crippen LogP contribution in [0, 0.1) is 5.92 Å². The van der Waals surface area contributed by atoms with E-state index in [9.17, 15) is 0 Å². The summed E-state index contributed by atoms with van der Waals surface area (Å²) in [7, 11) is 0. The third-order valence-corrected chi connectivity index (χ3v) is 3.61. The van der Waals surface area contributed by atoms with E-state index in [4.69, 9.17) is 5.84 Å². The molecule has 106 valence electrons. The summed E-state index contributed by atoms with van der Waals surface area (Å²) in [5.41, 5.74) is 3.85. The Labute approximate surface area is 115 Å². The number of aromatic nitrogens is 2. The van der Waals surface area contributed by atoms with Crippen LogP contribution in [0.5, 0.6) is 0 Å². The fourth-order valence-electron chi connectivity index (χ4n) is 2.38. The zero-order chi connectivity index (χ0) is 13.8. The van der Waals surface area contributed by atoms with Crippen molar-refractivity contribution in [2.24, 2.45) is 11.8 Å². The van der Waals surface area contributed by atoms with Crippen LogP contribution in [0.1, 0.15) is 45.6 Å². The Bertz CT molecular complexity index is 414. The molecule has 5 nitrogen and oxygen atoms in total. The van der Waals surface area contributed by atoms with Crippen LogP contribution in [0.15, 0.2) is 6.33 Å². The van der Waals surface area contributed by atoms with Crippen molar-refractivity contribution in [1.29, 1.82) is 0 Å². The summed E-state index contributed by atoms with van der Waals surface area (Å²) in [6, 6.07) is 0.441. The molecule has 2 rings (SSSR count). The maximum absolute atomic E-state index is 5.58. The number of nitrogens with zero attached hydrogens (tertiary/aromatic N) is 3. The smallest absolute Gasteiger partial charge is 0.148 e. The summed E-state index contributed by atoms with van der Waals surface area (Å²) in [6.07, 6.45) is 6.30. The van der Waals surface area contributed by atoms with Crippen LogP contribution in [0.4, 0.5) is 11.6 Å². The molecule has 19 heavy (non-hydrogen) atoms. The van der Waals surface area contributed by atoms with E-state index >= 15 is 0 Å². The summed E-state index contributed by atoms with van der Waals surface area (Å²) in [5, 5.41) is 0. The van der Waals surface area contributed by atoms with Crippen molar-refractivity contribution in [3.05, 3.63) is 11.9 Å². The van der Waals surface area contributed by atoms with Crippen molar-refractivity contribution in [2.75, 3.05) is 16.9 Å². The molecule has 1 aromatic rings. The van der Waals surface area contributed by atoms with E-state index in [0.29, 0.717) is 6.04 Å². The van der Waals surface area contributed by atoms with Gasteiger partial charge in [-0.25, -0.2) is 15.8 Å². The van der Waals surface area contributed by atoms with E-state index in [1.165, 1.54) is 12.8 Å². The van der Waals surface area contributed by atoms with Gasteiger partial charge in [0.25, 0.3) is 0 Å². The van der Waals surface area contributed by atoms with Crippen LogP contribution in [0.25, 0.3) is 0 Å². The van der Waals surface area contributed by atoms with E-state index in [-0.39, 0.29) is 0 Å². The molecule has 1 saturated carbocycles. The lowest BCUT2D eigenvalue weighted by Gasteiger charge is -2.30. The highest BCUT2D eigenvalue weighted by Gasteiger charge is 2.28. The Kier molecular flexibility index (Phi) is 4.58. The molecule has 0 aliphatic heterocycles. The van der Waals surface area contributed by atoms with Crippen molar-refractivity contribution in [3.63, 3.8) is 0 Å². The highest BCUT2D eigenvalue weighted by atomic mass is 15.3. The summed E-state index contributed by atoms with van der Waals surface area (Å²) in [5.74, 6) is 8.22. The minimum atomic E-state index is 0.441. The predicted molar refractivity (Wildman–Crippen MR) is 79.0 cm³/mol. The van der Waals surface area contributed by atoms with Crippen LogP contribution in [-0.2, 0) is 6.42 Å². The quantitative estimate of drug-likeness (QED) is 0.584.